The Hall–Kier alpha value is -3.78. The van der Waals surface area contributed by atoms with Gasteiger partial charge >= 0.3 is 0 Å². The second-order valence-electron chi connectivity index (χ2n) is 9.12. The summed E-state index contributed by atoms with van der Waals surface area (Å²) < 4.78 is 3.30. The highest BCUT2D eigenvalue weighted by atomic mass is 16.1. The third-order valence-electron chi connectivity index (χ3n) is 6.68. The summed E-state index contributed by atoms with van der Waals surface area (Å²) in [5, 5.41) is 13.3. The van der Waals surface area contributed by atoms with E-state index in [1.165, 1.54) is 12.5 Å². The van der Waals surface area contributed by atoms with Crippen LogP contribution in [-0.2, 0) is 11.3 Å². The van der Waals surface area contributed by atoms with E-state index in [0.29, 0.717) is 23.7 Å². The lowest BCUT2D eigenvalue weighted by molar-refractivity contribution is -0.114. The summed E-state index contributed by atoms with van der Waals surface area (Å²) >= 11 is 0. The number of hydrogen-bond donors (Lipinski definition) is 1. The van der Waals surface area contributed by atoms with Gasteiger partial charge < -0.3 is 10.2 Å². The lowest BCUT2D eigenvalue weighted by Gasteiger charge is -2.32. The van der Waals surface area contributed by atoms with Crippen LogP contribution in [0.5, 0.6) is 0 Å². The normalized spacial score (nSPS) is 14.9. The van der Waals surface area contributed by atoms with Crippen LogP contribution < -0.4 is 10.9 Å². The number of nitrogens with one attached hydrogen (secondary N) is 1. The number of amides is 1. The SMILES string of the molecule is CC(=O)Nc1cccc(C2CCN(CCCn3nc(-n4cccn4)c4ccccc4c3=O)CC2)c1. The van der Waals surface area contributed by atoms with Crippen molar-refractivity contribution in [3.8, 4) is 5.82 Å². The molecule has 1 aliphatic heterocycles. The molecule has 0 spiro atoms. The summed E-state index contributed by atoms with van der Waals surface area (Å²) in [6, 6.07) is 17.6. The first-order valence-electron chi connectivity index (χ1n) is 12.2. The molecule has 8 nitrogen and oxygen atoms in total. The van der Waals surface area contributed by atoms with Gasteiger partial charge in [0.25, 0.3) is 5.56 Å². The number of nitrogens with zero attached hydrogens (tertiary/aromatic N) is 5. The number of likely N-dealkylation sites (tertiary alicyclic amines) is 1. The molecule has 1 fully saturated rings. The molecule has 4 aromatic rings. The topological polar surface area (TPSA) is 85.1 Å². The summed E-state index contributed by atoms with van der Waals surface area (Å²) in [7, 11) is 0. The molecule has 0 unspecified atom stereocenters. The van der Waals surface area contributed by atoms with Crippen LogP contribution in [0.15, 0.2) is 71.8 Å². The molecule has 3 heterocycles. The van der Waals surface area contributed by atoms with Crippen LogP contribution in [0.4, 0.5) is 5.69 Å². The van der Waals surface area contributed by atoms with Gasteiger partial charge in [-0.3, -0.25) is 9.59 Å². The molecule has 1 N–H and O–H groups in total. The first kappa shape index (κ1) is 23.0. The molecule has 1 aliphatic rings. The van der Waals surface area contributed by atoms with Gasteiger partial charge in [0.15, 0.2) is 5.82 Å². The first-order valence-corrected chi connectivity index (χ1v) is 12.2. The molecular weight excluding hydrogens is 440 g/mol. The number of hydrogen-bond acceptors (Lipinski definition) is 5. The van der Waals surface area contributed by atoms with Gasteiger partial charge in [-0.1, -0.05) is 30.3 Å². The van der Waals surface area contributed by atoms with Gasteiger partial charge in [0, 0.05) is 36.9 Å². The van der Waals surface area contributed by atoms with Gasteiger partial charge in [-0.15, -0.1) is 5.10 Å². The van der Waals surface area contributed by atoms with Gasteiger partial charge in [-0.25, -0.2) is 9.36 Å². The second kappa shape index (κ2) is 10.2. The van der Waals surface area contributed by atoms with E-state index in [1.54, 1.807) is 15.6 Å². The zero-order valence-corrected chi connectivity index (χ0v) is 19.9. The average Bonchev–Trinajstić information content (AvgIpc) is 3.41. The fourth-order valence-electron chi connectivity index (χ4n) is 4.94. The van der Waals surface area contributed by atoms with Crippen LogP contribution in [0.2, 0.25) is 0 Å². The number of anilines is 1. The summed E-state index contributed by atoms with van der Waals surface area (Å²) in [5.74, 6) is 1.13. The number of aromatic nitrogens is 4. The van der Waals surface area contributed by atoms with Gasteiger partial charge in [0.1, 0.15) is 0 Å². The van der Waals surface area contributed by atoms with Crippen LogP contribution in [0.25, 0.3) is 16.6 Å². The third-order valence-corrected chi connectivity index (χ3v) is 6.68. The summed E-state index contributed by atoms with van der Waals surface area (Å²) in [5.41, 5.74) is 2.09. The van der Waals surface area contributed by atoms with Crippen LogP contribution in [-0.4, -0.2) is 50.0 Å². The average molecular weight is 471 g/mol. The van der Waals surface area contributed by atoms with Crippen molar-refractivity contribution in [1.82, 2.24) is 24.5 Å². The minimum absolute atomic E-state index is 0.0475. The predicted octanol–water partition coefficient (Wildman–Crippen LogP) is 3.81. The molecular formula is C27H30N6O2. The van der Waals surface area contributed by atoms with Crippen LogP contribution in [0.1, 0.15) is 37.7 Å². The van der Waals surface area contributed by atoms with Crippen LogP contribution in [0.3, 0.4) is 0 Å². The Balaban J connectivity index is 1.21. The molecule has 0 saturated carbocycles. The molecule has 180 valence electrons. The van der Waals surface area contributed by atoms with Crippen molar-refractivity contribution < 1.29 is 4.79 Å². The highest BCUT2D eigenvalue weighted by Gasteiger charge is 2.21. The Morgan fingerprint density at radius 3 is 2.57 bits per heavy atom. The van der Waals surface area contributed by atoms with Crippen molar-refractivity contribution in [3.63, 3.8) is 0 Å². The molecule has 5 rings (SSSR count). The quantitative estimate of drug-likeness (QED) is 0.444. The molecule has 2 aromatic carbocycles. The maximum atomic E-state index is 13.1. The Morgan fingerprint density at radius 1 is 1.03 bits per heavy atom. The van der Waals surface area contributed by atoms with Crippen molar-refractivity contribution in [3.05, 3.63) is 82.9 Å². The molecule has 0 aliphatic carbocycles. The van der Waals surface area contributed by atoms with E-state index in [2.05, 4.69) is 32.5 Å². The minimum atomic E-state index is -0.0609. The minimum Gasteiger partial charge on any atom is -0.326 e. The third kappa shape index (κ3) is 5.17. The van der Waals surface area contributed by atoms with Crippen molar-refractivity contribution in [2.45, 2.75) is 38.6 Å². The standard InChI is InChI=1S/C27H30N6O2/c1-20(34)29-23-8-4-7-22(19-23)21-11-17-31(18-12-21)14-6-16-33-27(35)25-10-3-2-9-24(25)26(30-33)32-15-5-13-28-32/h2-5,7-10,13,15,19,21H,6,11-12,14,16-18H2,1H3,(H,29,34). The van der Waals surface area contributed by atoms with Crippen molar-refractivity contribution in [2.24, 2.45) is 0 Å². The van der Waals surface area contributed by atoms with Crippen molar-refractivity contribution in [1.29, 1.82) is 0 Å². The Labute approximate surface area is 204 Å². The highest BCUT2D eigenvalue weighted by Crippen LogP contribution is 2.29. The van der Waals surface area contributed by atoms with Crippen molar-refractivity contribution >= 4 is 22.4 Å². The summed E-state index contributed by atoms with van der Waals surface area (Å²) in [6.45, 7) is 5.07. The van der Waals surface area contributed by atoms with E-state index in [9.17, 15) is 9.59 Å². The fraction of sp³-hybridized carbons (Fsp3) is 0.333. The number of aryl methyl sites for hydroxylation is 1. The maximum absolute atomic E-state index is 13.1. The molecule has 1 amide bonds. The van der Waals surface area contributed by atoms with Crippen LogP contribution >= 0.6 is 0 Å². The first-order chi connectivity index (χ1) is 17.1. The number of fused-ring (bicyclic) bond motifs is 1. The monoisotopic (exact) mass is 470 g/mol. The lowest BCUT2D eigenvalue weighted by atomic mass is 9.89. The fourth-order valence-corrected chi connectivity index (χ4v) is 4.94. The molecule has 35 heavy (non-hydrogen) atoms. The van der Waals surface area contributed by atoms with E-state index in [4.69, 9.17) is 0 Å². The molecule has 0 radical (unpaired) electrons. The van der Waals surface area contributed by atoms with E-state index >= 15 is 0 Å². The van der Waals surface area contributed by atoms with E-state index < -0.39 is 0 Å². The highest BCUT2D eigenvalue weighted by molar-refractivity contribution is 5.88. The van der Waals surface area contributed by atoms with Gasteiger partial charge in [0.05, 0.1) is 5.39 Å². The van der Waals surface area contributed by atoms with Gasteiger partial charge in [-0.05, 0) is 74.6 Å². The molecule has 0 bridgehead atoms. The van der Waals surface area contributed by atoms with Crippen LogP contribution in [0, 0.1) is 0 Å². The van der Waals surface area contributed by atoms with Crippen molar-refractivity contribution in [2.75, 3.05) is 25.0 Å². The molecule has 0 atom stereocenters. The molecule has 1 saturated heterocycles. The summed E-state index contributed by atoms with van der Waals surface area (Å²) in [4.78, 5) is 26.9. The number of piperidine rings is 1. The number of carbonyl (C=O) groups excluding carboxylic acids is 1. The Bertz CT molecular complexity index is 1370. The zero-order chi connectivity index (χ0) is 24.2. The van der Waals surface area contributed by atoms with E-state index in [1.807, 2.05) is 48.7 Å². The Kier molecular flexibility index (Phi) is 6.72. The van der Waals surface area contributed by atoms with E-state index in [0.717, 1.165) is 50.0 Å². The number of benzene rings is 2. The lowest BCUT2D eigenvalue weighted by Crippen LogP contribution is -2.35. The Morgan fingerprint density at radius 2 is 1.83 bits per heavy atom. The number of rotatable bonds is 7. The van der Waals surface area contributed by atoms with Gasteiger partial charge in [0.2, 0.25) is 5.91 Å². The number of carbonyl (C=O) groups is 1. The summed E-state index contributed by atoms with van der Waals surface area (Å²) in [6.07, 6.45) is 6.58. The smallest absolute Gasteiger partial charge is 0.274 e. The predicted molar refractivity (Wildman–Crippen MR) is 137 cm³/mol. The molecule has 2 aromatic heterocycles. The maximum Gasteiger partial charge on any atom is 0.274 e. The second-order valence-corrected chi connectivity index (χ2v) is 9.12. The largest absolute Gasteiger partial charge is 0.326 e. The van der Waals surface area contributed by atoms with Gasteiger partial charge in [-0.2, -0.15) is 5.10 Å². The molecule has 8 heteroatoms. The zero-order valence-electron chi connectivity index (χ0n) is 19.9. The van der Waals surface area contributed by atoms with E-state index in [-0.39, 0.29) is 11.5 Å².